The molecule has 1 rings (SSSR count). The van der Waals surface area contributed by atoms with Crippen LogP contribution in [0.4, 0.5) is 0 Å². The lowest BCUT2D eigenvalue weighted by Crippen LogP contribution is -2.39. The van der Waals surface area contributed by atoms with Gasteiger partial charge in [0.15, 0.2) is 0 Å². The molecule has 0 bridgehead atoms. The summed E-state index contributed by atoms with van der Waals surface area (Å²) in [5, 5.41) is 9.08. The van der Waals surface area contributed by atoms with Crippen LogP contribution in [-0.2, 0) is 14.3 Å². The normalized spacial score (nSPS) is 23.0. The van der Waals surface area contributed by atoms with Crippen molar-refractivity contribution in [3.05, 3.63) is 0 Å². The van der Waals surface area contributed by atoms with Gasteiger partial charge in [0.25, 0.3) is 0 Å². The van der Waals surface area contributed by atoms with Gasteiger partial charge in [-0.1, -0.05) is 6.92 Å². The number of likely N-dealkylation sites (tertiary alicyclic amines) is 1. The van der Waals surface area contributed by atoms with E-state index in [1.807, 2.05) is 6.92 Å². The largest absolute Gasteiger partial charge is 0.469 e. The molecule has 1 fully saturated rings. The maximum atomic E-state index is 11.6. The van der Waals surface area contributed by atoms with Crippen molar-refractivity contribution in [3.8, 4) is 0 Å². The number of esters is 1. The van der Waals surface area contributed by atoms with Crippen molar-refractivity contribution in [1.82, 2.24) is 4.90 Å². The molecule has 1 heterocycles. The predicted molar refractivity (Wildman–Crippen MR) is 53.0 cm³/mol. The lowest BCUT2D eigenvalue weighted by Gasteiger charge is -2.25. The van der Waals surface area contributed by atoms with Crippen LogP contribution in [0.5, 0.6) is 0 Å². The number of ether oxygens (including phenoxy) is 1. The monoisotopic (exact) mass is 215 g/mol. The summed E-state index contributed by atoms with van der Waals surface area (Å²) >= 11 is 0. The predicted octanol–water partition coefficient (Wildman–Crippen LogP) is -0.221. The molecule has 0 spiro atoms. The van der Waals surface area contributed by atoms with E-state index in [0.717, 1.165) is 0 Å². The van der Waals surface area contributed by atoms with Crippen LogP contribution in [0, 0.1) is 5.92 Å². The maximum Gasteiger partial charge on any atom is 0.310 e. The van der Waals surface area contributed by atoms with Gasteiger partial charge in [-0.25, -0.2) is 0 Å². The molecule has 0 aromatic rings. The van der Waals surface area contributed by atoms with E-state index in [-0.39, 0.29) is 36.9 Å². The van der Waals surface area contributed by atoms with Crippen LogP contribution in [0.25, 0.3) is 0 Å². The van der Waals surface area contributed by atoms with Gasteiger partial charge in [0.2, 0.25) is 5.91 Å². The minimum absolute atomic E-state index is 0.0594. The van der Waals surface area contributed by atoms with E-state index in [4.69, 9.17) is 5.11 Å². The molecule has 0 saturated carbocycles. The first-order valence-electron chi connectivity index (χ1n) is 5.12. The first kappa shape index (κ1) is 12.0. The van der Waals surface area contributed by atoms with Gasteiger partial charge in [0.1, 0.15) is 0 Å². The number of amides is 1. The zero-order chi connectivity index (χ0) is 11.4. The molecular formula is C10H17NO4. The van der Waals surface area contributed by atoms with Crippen LogP contribution in [0.3, 0.4) is 0 Å². The van der Waals surface area contributed by atoms with E-state index in [9.17, 15) is 9.59 Å². The minimum atomic E-state index is -0.372. The summed E-state index contributed by atoms with van der Waals surface area (Å²) in [6, 6.07) is -0.174. The standard InChI is InChI=1S/C10H17NO4/c1-3-8(6-12)11-5-7(4-9(11)13)10(14)15-2/h7-8,12H,3-6H2,1-2H3. The molecule has 1 N–H and O–H groups in total. The average Bonchev–Trinajstić information content (AvgIpc) is 2.62. The van der Waals surface area contributed by atoms with E-state index in [1.165, 1.54) is 7.11 Å². The fourth-order valence-corrected chi connectivity index (χ4v) is 1.86. The van der Waals surface area contributed by atoms with Crippen molar-refractivity contribution >= 4 is 11.9 Å². The molecule has 5 nitrogen and oxygen atoms in total. The Hall–Kier alpha value is -1.10. The summed E-state index contributed by atoms with van der Waals surface area (Å²) in [7, 11) is 1.32. The zero-order valence-electron chi connectivity index (χ0n) is 9.10. The highest BCUT2D eigenvalue weighted by molar-refractivity contribution is 5.86. The van der Waals surface area contributed by atoms with E-state index in [2.05, 4.69) is 4.74 Å². The third-order valence-electron chi connectivity index (χ3n) is 2.82. The molecule has 5 heteroatoms. The number of aliphatic hydroxyl groups is 1. The second-order valence-electron chi connectivity index (χ2n) is 3.71. The number of hydrogen-bond donors (Lipinski definition) is 1. The number of methoxy groups -OCH3 is 1. The fraction of sp³-hybridized carbons (Fsp3) is 0.800. The quantitative estimate of drug-likeness (QED) is 0.658. The number of nitrogens with zero attached hydrogens (tertiary/aromatic N) is 1. The second kappa shape index (κ2) is 5.11. The van der Waals surface area contributed by atoms with Crippen molar-refractivity contribution in [2.45, 2.75) is 25.8 Å². The van der Waals surface area contributed by atoms with Crippen LogP contribution in [0.15, 0.2) is 0 Å². The molecule has 0 aliphatic carbocycles. The summed E-state index contributed by atoms with van der Waals surface area (Å²) in [5.41, 5.74) is 0. The lowest BCUT2D eigenvalue weighted by atomic mass is 10.1. The van der Waals surface area contributed by atoms with Crippen molar-refractivity contribution in [1.29, 1.82) is 0 Å². The molecular weight excluding hydrogens is 198 g/mol. The number of carbonyl (C=O) groups excluding carboxylic acids is 2. The Morgan fingerprint density at radius 2 is 2.40 bits per heavy atom. The second-order valence-corrected chi connectivity index (χ2v) is 3.71. The zero-order valence-corrected chi connectivity index (χ0v) is 9.10. The van der Waals surface area contributed by atoms with Gasteiger partial charge >= 0.3 is 5.97 Å². The van der Waals surface area contributed by atoms with Crippen molar-refractivity contribution in [3.63, 3.8) is 0 Å². The molecule has 1 amide bonds. The highest BCUT2D eigenvalue weighted by atomic mass is 16.5. The fourth-order valence-electron chi connectivity index (χ4n) is 1.86. The van der Waals surface area contributed by atoms with Crippen LogP contribution in [0.1, 0.15) is 19.8 Å². The van der Waals surface area contributed by atoms with Gasteiger partial charge in [-0.15, -0.1) is 0 Å². The molecule has 2 atom stereocenters. The Bertz CT molecular complexity index is 250. The number of carbonyl (C=O) groups is 2. The van der Waals surface area contributed by atoms with Gasteiger partial charge in [0, 0.05) is 13.0 Å². The summed E-state index contributed by atoms with van der Waals surface area (Å²) in [6.07, 6.45) is 0.888. The highest BCUT2D eigenvalue weighted by Crippen LogP contribution is 2.22. The third kappa shape index (κ3) is 2.47. The van der Waals surface area contributed by atoms with Gasteiger partial charge in [-0.2, -0.15) is 0 Å². The van der Waals surface area contributed by atoms with Crippen molar-refractivity contribution in [2.75, 3.05) is 20.3 Å². The molecule has 0 radical (unpaired) electrons. The Labute approximate surface area is 89.0 Å². The van der Waals surface area contributed by atoms with Crippen molar-refractivity contribution in [2.24, 2.45) is 5.92 Å². The first-order chi connectivity index (χ1) is 7.13. The van der Waals surface area contributed by atoms with E-state index < -0.39 is 0 Å². The molecule has 0 aromatic carbocycles. The molecule has 0 aromatic heterocycles. The summed E-state index contributed by atoms with van der Waals surface area (Å²) < 4.78 is 4.60. The van der Waals surface area contributed by atoms with Gasteiger partial charge in [-0.05, 0) is 6.42 Å². The Morgan fingerprint density at radius 3 is 2.87 bits per heavy atom. The third-order valence-corrected chi connectivity index (χ3v) is 2.82. The van der Waals surface area contributed by atoms with E-state index in [0.29, 0.717) is 13.0 Å². The topological polar surface area (TPSA) is 66.8 Å². The molecule has 1 aliphatic heterocycles. The van der Waals surface area contributed by atoms with E-state index >= 15 is 0 Å². The summed E-state index contributed by atoms with van der Waals surface area (Å²) in [5.74, 6) is -0.798. The number of aliphatic hydroxyl groups excluding tert-OH is 1. The maximum absolute atomic E-state index is 11.6. The van der Waals surface area contributed by atoms with Crippen LogP contribution in [0.2, 0.25) is 0 Å². The van der Waals surface area contributed by atoms with Crippen LogP contribution in [-0.4, -0.2) is 48.2 Å². The van der Waals surface area contributed by atoms with Crippen LogP contribution < -0.4 is 0 Å². The Balaban J connectivity index is 2.63. The lowest BCUT2D eigenvalue weighted by molar-refractivity contribution is -0.145. The van der Waals surface area contributed by atoms with E-state index in [1.54, 1.807) is 4.90 Å². The van der Waals surface area contributed by atoms with Gasteiger partial charge in [-0.3, -0.25) is 9.59 Å². The number of rotatable bonds is 4. The Morgan fingerprint density at radius 1 is 1.73 bits per heavy atom. The highest BCUT2D eigenvalue weighted by Gasteiger charge is 2.37. The first-order valence-corrected chi connectivity index (χ1v) is 5.12. The molecule has 1 aliphatic rings. The summed E-state index contributed by atoms with van der Waals surface area (Å²) in [4.78, 5) is 24.4. The molecule has 15 heavy (non-hydrogen) atoms. The average molecular weight is 215 g/mol. The van der Waals surface area contributed by atoms with Crippen molar-refractivity contribution < 1.29 is 19.4 Å². The smallest absolute Gasteiger partial charge is 0.310 e. The molecule has 86 valence electrons. The summed E-state index contributed by atoms with van der Waals surface area (Å²) in [6.45, 7) is 2.21. The van der Waals surface area contributed by atoms with Gasteiger partial charge < -0.3 is 14.7 Å². The SMILES string of the molecule is CCC(CO)N1CC(C(=O)OC)CC1=O. The van der Waals surface area contributed by atoms with Gasteiger partial charge in [0.05, 0.1) is 25.7 Å². The number of hydrogen-bond acceptors (Lipinski definition) is 4. The minimum Gasteiger partial charge on any atom is -0.469 e. The Kier molecular flexibility index (Phi) is 4.08. The molecule has 1 saturated heterocycles. The molecule has 2 unspecified atom stereocenters. The van der Waals surface area contributed by atoms with Crippen LogP contribution >= 0.6 is 0 Å².